The van der Waals surface area contributed by atoms with E-state index in [-0.39, 0.29) is 0 Å². The molecule has 0 aliphatic carbocycles. The summed E-state index contributed by atoms with van der Waals surface area (Å²) in [4.78, 5) is 0. The molecule has 0 aromatic carbocycles. The highest BCUT2D eigenvalue weighted by Crippen LogP contribution is 2.17. The molecular weight excluding hydrogens is 128 g/mol. The second-order valence-corrected chi connectivity index (χ2v) is 5.98. The molecule has 2 heteroatoms. The van der Waals surface area contributed by atoms with Crippen LogP contribution >= 0.6 is 0 Å². The summed E-state index contributed by atoms with van der Waals surface area (Å²) in [6.07, 6.45) is 2.69. The van der Waals surface area contributed by atoms with E-state index >= 15 is 0 Å². The zero-order valence-corrected chi connectivity index (χ0v) is 7.47. The van der Waals surface area contributed by atoms with E-state index in [1.165, 1.54) is 18.9 Å². The summed E-state index contributed by atoms with van der Waals surface area (Å²) in [5.41, 5.74) is 1.56. The largest absolute Gasteiger partial charge is 0.419 e. The van der Waals surface area contributed by atoms with Crippen LogP contribution in [0.3, 0.4) is 0 Å². The van der Waals surface area contributed by atoms with Crippen LogP contribution in [-0.2, 0) is 4.43 Å². The maximum Gasteiger partial charge on any atom is 0.182 e. The molecule has 1 unspecified atom stereocenters. The van der Waals surface area contributed by atoms with Crippen LogP contribution in [0.5, 0.6) is 0 Å². The first-order valence-electron chi connectivity index (χ1n) is 3.72. The second-order valence-electron chi connectivity index (χ2n) is 2.93. The zero-order chi connectivity index (χ0) is 6.69. The first kappa shape index (κ1) is 7.29. The average Bonchev–Trinajstić information content (AvgIpc) is 1.90. The molecule has 0 amide bonds. The SMILES string of the molecule is C[C](C)[SiH]1CCCCO1. The average molecular weight is 143 g/mol. The van der Waals surface area contributed by atoms with Gasteiger partial charge in [0.05, 0.1) is 0 Å². The predicted molar refractivity (Wildman–Crippen MR) is 41.7 cm³/mol. The number of rotatable bonds is 1. The van der Waals surface area contributed by atoms with Crippen LogP contribution in [0.15, 0.2) is 0 Å². The monoisotopic (exact) mass is 143 g/mol. The fraction of sp³-hybridized carbons (Fsp3) is 0.857. The third kappa shape index (κ3) is 2.10. The Kier molecular flexibility index (Phi) is 2.73. The molecule has 0 saturated carbocycles. The van der Waals surface area contributed by atoms with E-state index in [0.717, 1.165) is 6.61 Å². The maximum absolute atomic E-state index is 5.64. The van der Waals surface area contributed by atoms with Crippen LogP contribution in [0.1, 0.15) is 26.7 Å². The van der Waals surface area contributed by atoms with E-state index in [2.05, 4.69) is 13.8 Å². The fourth-order valence-corrected chi connectivity index (χ4v) is 3.38. The van der Waals surface area contributed by atoms with Crippen LogP contribution in [0.4, 0.5) is 0 Å². The van der Waals surface area contributed by atoms with Crippen molar-refractivity contribution < 1.29 is 4.43 Å². The fourth-order valence-electron chi connectivity index (χ4n) is 1.20. The van der Waals surface area contributed by atoms with E-state index in [4.69, 9.17) is 4.43 Å². The summed E-state index contributed by atoms with van der Waals surface area (Å²) in [6.45, 7) is 5.45. The van der Waals surface area contributed by atoms with Crippen LogP contribution in [0, 0.1) is 5.54 Å². The summed E-state index contributed by atoms with van der Waals surface area (Å²) in [6, 6.07) is 1.38. The van der Waals surface area contributed by atoms with Crippen molar-refractivity contribution in [3.05, 3.63) is 5.54 Å². The maximum atomic E-state index is 5.64. The Bertz CT molecular complexity index is 77.0. The lowest BCUT2D eigenvalue weighted by Gasteiger charge is -2.23. The van der Waals surface area contributed by atoms with Crippen molar-refractivity contribution in [2.45, 2.75) is 32.7 Å². The van der Waals surface area contributed by atoms with Gasteiger partial charge >= 0.3 is 0 Å². The van der Waals surface area contributed by atoms with Gasteiger partial charge in [0.2, 0.25) is 0 Å². The van der Waals surface area contributed by atoms with Gasteiger partial charge in [0.25, 0.3) is 0 Å². The summed E-state index contributed by atoms with van der Waals surface area (Å²) in [7, 11) is -0.783. The normalized spacial score (nSPS) is 29.0. The summed E-state index contributed by atoms with van der Waals surface area (Å²) < 4.78 is 5.64. The van der Waals surface area contributed by atoms with Gasteiger partial charge < -0.3 is 4.43 Å². The van der Waals surface area contributed by atoms with Crippen molar-refractivity contribution in [2.24, 2.45) is 0 Å². The molecule has 1 atom stereocenters. The minimum absolute atomic E-state index is 0.783. The molecule has 0 aromatic heterocycles. The van der Waals surface area contributed by atoms with E-state index in [1.54, 1.807) is 5.54 Å². The Labute approximate surface area is 59.1 Å². The quantitative estimate of drug-likeness (QED) is 0.507. The lowest BCUT2D eigenvalue weighted by molar-refractivity contribution is 0.288. The minimum atomic E-state index is -0.783. The first-order chi connectivity index (χ1) is 4.30. The van der Waals surface area contributed by atoms with Gasteiger partial charge in [0, 0.05) is 6.61 Å². The van der Waals surface area contributed by atoms with Crippen molar-refractivity contribution >= 4 is 9.04 Å². The molecule has 1 fully saturated rings. The van der Waals surface area contributed by atoms with Gasteiger partial charge in [-0.25, -0.2) is 0 Å². The molecule has 53 valence electrons. The van der Waals surface area contributed by atoms with Crippen LogP contribution in [0.25, 0.3) is 0 Å². The minimum Gasteiger partial charge on any atom is -0.419 e. The highest BCUT2D eigenvalue weighted by atomic mass is 28.3. The predicted octanol–water partition coefficient (Wildman–Crippen LogP) is 1.67. The molecule has 9 heavy (non-hydrogen) atoms. The third-order valence-electron chi connectivity index (χ3n) is 1.82. The molecule has 0 bridgehead atoms. The molecule has 1 aliphatic heterocycles. The topological polar surface area (TPSA) is 9.23 Å². The summed E-state index contributed by atoms with van der Waals surface area (Å²) >= 11 is 0. The molecule has 1 nitrogen and oxygen atoms in total. The van der Waals surface area contributed by atoms with E-state index in [1.807, 2.05) is 0 Å². The molecule has 1 aliphatic rings. The number of hydrogen-bond acceptors (Lipinski definition) is 1. The molecule has 1 radical (unpaired) electrons. The third-order valence-corrected chi connectivity index (χ3v) is 4.68. The van der Waals surface area contributed by atoms with Gasteiger partial charge in [-0.15, -0.1) is 0 Å². The first-order valence-corrected chi connectivity index (χ1v) is 5.59. The van der Waals surface area contributed by atoms with Gasteiger partial charge in [0.1, 0.15) is 0 Å². The standard InChI is InChI=1S/C7H15OSi/c1-7(2)9-6-4-3-5-8-9/h9H,3-6H2,1-2H3. The smallest absolute Gasteiger partial charge is 0.182 e. The van der Waals surface area contributed by atoms with Crippen LogP contribution in [0.2, 0.25) is 6.04 Å². The Morgan fingerprint density at radius 1 is 1.33 bits per heavy atom. The van der Waals surface area contributed by atoms with E-state index in [9.17, 15) is 0 Å². The van der Waals surface area contributed by atoms with E-state index in [0.29, 0.717) is 0 Å². The van der Waals surface area contributed by atoms with Gasteiger partial charge in [-0.1, -0.05) is 20.3 Å². The molecule has 0 aromatic rings. The summed E-state index contributed by atoms with van der Waals surface area (Å²) in [5.74, 6) is 0. The molecule has 1 rings (SSSR count). The Morgan fingerprint density at radius 2 is 2.11 bits per heavy atom. The van der Waals surface area contributed by atoms with Gasteiger partial charge in [-0.05, 0) is 18.0 Å². The Balaban J connectivity index is 2.23. The van der Waals surface area contributed by atoms with Gasteiger partial charge in [-0.3, -0.25) is 0 Å². The van der Waals surface area contributed by atoms with E-state index < -0.39 is 9.04 Å². The lowest BCUT2D eigenvalue weighted by Crippen LogP contribution is -2.27. The highest BCUT2D eigenvalue weighted by molar-refractivity contribution is 6.58. The van der Waals surface area contributed by atoms with Crippen molar-refractivity contribution in [3.63, 3.8) is 0 Å². The lowest BCUT2D eigenvalue weighted by atomic mass is 10.4. The highest BCUT2D eigenvalue weighted by Gasteiger charge is 2.19. The van der Waals surface area contributed by atoms with Gasteiger partial charge in [-0.2, -0.15) is 0 Å². The number of hydrogen-bond donors (Lipinski definition) is 0. The van der Waals surface area contributed by atoms with Crippen molar-refractivity contribution in [1.29, 1.82) is 0 Å². The Hall–Kier alpha value is 0.177. The van der Waals surface area contributed by atoms with Crippen molar-refractivity contribution in [2.75, 3.05) is 6.61 Å². The van der Waals surface area contributed by atoms with Gasteiger partial charge in [0.15, 0.2) is 9.04 Å². The van der Waals surface area contributed by atoms with Crippen molar-refractivity contribution in [1.82, 2.24) is 0 Å². The Morgan fingerprint density at radius 3 is 2.44 bits per heavy atom. The van der Waals surface area contributed by atoms with Crippen LogP contribution in [-0.4, -0.2) is 15.6 Å². The van der Waals surface area contributed by atoms with Crippen molar-refractivity contribution in [3.8, 4) is 0 Å². The summed E-state index contributed by atoms with van der Waals surface area (Å²) in [5, 5.41) is 0. The molecule has 1 heterocycles. The molecule has 1 saturated heterocycles. The molecule has 0 N–H and O–H groups in total. The molecular formula is C7H15OSi. The molecule has 0 spiro atoms. The zero-order valence-electron chi connectivity index (χ0n) is 6.31. The van der Waals surface area contributed by atoms with Crippen LogP contribution < -0.4 is 0 Å². The second kappa shape index (κ2) is 3.37.